The maximum Gasteiger partial charge on any atom is 0.227 e. The first-order valence-electron chi connectivity index (χ1n) is 5.71. The Hall–Kier alpha value is -0.360. The third-order valence-electron chi connectivity index (χ3n) is 2.98. The Labute approximate surface area is 109 Å². The Morgan fingerprint density at radius 1 is 1.59 bits per heavy atom. The molecule has 0 saturated carbocycles. The molecule has 1 saturated heterocycles. The standard InChI is InChI=1S/C11H22N2O3.ClH/c1-8(9(2)12)11(14)13-4-5-16-10(6-13)7-15-3;/h8-10H,4-7,12H2,1-3H3;1H. The molecule has 2 N–H and O–H groups in total. The second-order valence-electron chi connectivity index (χ2n) is 4.38. The summed E-state index contributed by atoms with van der Waals surface area (Å²) < 4.78 is 10.5. The number of carbonyl (C=O) groups excluding carboxylic acids is 1. The van der Waals surface area contributed by atoms with Crippen LogP contribution in [0.2, 0.25) is 0 Å². The number of nitrogens with zero attached hydrogens (tertiary/aromatic N) is 1. The van der Waals surface area contributed by atoms with Gasteiger partial charge < -0.3 is 20.1 Å². The zero-order valence-corrected chi connectivity index (χ0v) is 11.5. The van der Waals surface area contributed by atoms with E-state index < -0.39 is 0 Å². The highest BCUT2D eigenvalue weighted by Crippen LogP contribution is 2.11. The minimum Gasteiger partial charge on any atom is -0.382 e. The van der Waals surface area contributed by atoms with E-state index in [1.807, 2.05) is 18.7 Å². The van der Waals surface area contributed by atoms with E-state index in [1.54, 1.807) is 7.11 Å². The third kappa shape index (κ3) is 4.79. The molecule has 102 valence electrons. The number of rotatable bonds is 4. The molecule has 17 heavy (non-hydrogen) atoms. The highest BCUT2D eigenvalue weighted by molar-refractivity contribution is 5.85. The van der Waals surface area contributed by atoms with Gasteiger partial charge >= 0.3 is 0 Å². The van der Waals surface area contributed by atoms with E-state index >= 15 is 0 Å². The van der Waals surface area contributed by atoms with Gasteiger partial charge in [-0.15, -0.1) is 12.4 Å². The van der Waals surface area contributed by atoms with Crippen molar-refractivity contribution in [3.63, 3.8) is 0 Å². The van der Waals surface area contributed by atoms with Crippen LogP contribution in [0.25, 0.3) is 0 Å². The fourth-order valence-electron chi connectivity index (χ4n) is 1.72. The fraction of sp³-hybridized carbons (Fsp3) is 0.909. The molecule has 0 spiro atoms. The zero-order valence-electron chi connectivity index (χ0n) is 10.7. The van der Waals surface area contributed by atoms with Gasteiger partial charge in [-0.1, -0.05) is 6.92 Å². The van der Waals surface area contributed by atoms with Crippen LogP contribution >= 0.6 is 12.4 Å². The van der Waals surface area contributed by atoms with E-state index in [9.17, 15) is 4.79 Å². The molecular formula is C11H23ClN2O3. The number of hydrogen-bond donors (Lipinski definition) is 1. The largest absolute Gasteiger partial charge is 0.382 e. The second kappa shape index (κ2) is 7.87. The van der Waals surface area contributed by atoms with E-state index in [1.165, 1.54) is 0 Å². The molecule has 1 aliphatic rings. The number of hydrogen-bond acceptors (Lipinski definition) is 4. The van der Waals surface area contributed by atoms with Crippen molar-refractivity contribution < 1.29 is 14.3 Å². The van der Waals surface area contributed by atoms with Crippen molar-refractivity contribution in [1.29, 1.82) is 0 Å². The first-order valence-corrected chi connectivity index (χ1v) is 5.71. The van der Waals surface area contributed by atoms with Crippen LogP contribution in [0.5, 0.6) is 0 Å². The normalized spacial score (nSPS) is 23.8. The summed E-state index contributed by atoms with van der Waals surface area (Å²) in [6, 6.07) is -0.115. The number of halogens is 1. The van der Waals surface area contributed by atoms with E-state index in [-0.39, 0.29) is 36.4 Å². The number of morpholine rings is 1. The summed E-state index contributed by atoms with van der Waals surface area (Å²) in [6.07, 6.45) is -0.0111. The summed E-state index contributed by atoms with van der Waals surface area (Å²) in [6.45, 7) is 6.07. The number of carbonyl (C=O) groups is 1. The maximum atomic E-state index is 12.0. The Morgan fingerprint density at radius 3 is 2.76 bits per heavy atom. The summed E-state index contributed by atoms with van der Waals surface area (Å²) in [5, 5.41) is 0. The van der Waals surface area contributed by atoms with Crippen LogP contribution in [0.4, 0.5) is 0 Å². The molecule has 6 heteroatoms. The molecule has 1 heterocycles. The average Bonchev–Trinajstić information content (AvgIpc) is 2.28. The van der Waals surface area contributed by atoms with Crippen molar-refractivity contribution in [2.45, 2.75) is 26.0 Å². The Kier molecular flexibility index (Phi) is 7.70. The first kappa shape index (κ1) is 16.6. The molecule has 1 aliphatic heterocycles. The minimum atomic E-state index is -0.138. The van der Waals surface area contributed by atoms with Crippen LogP contribution in [0.1, 0.15) is 13.8 Å². The highest BCUT2D eigenvalue weighted by atomic mass is 35.5. The summed E-state index contributed by atoms with van der Waals surface area (Å²) in [7, 11) is 1.63. The van der Waals surface area contributed by atoms with Gasteiger partial charge in [-0.25, -0.2) is 0 Å². The lowest BCUT2D eigenvalue weighted by molar-refractivity contribution is -0.145. The van der Waals surface area contributed by atoms with Crippen molar-refractivity contribution in [3.8, 4) is 0 Å². The number of ether oxygens (including phenoxy) is 2. The molecule has 0 aliphatic carbocycles. The second-order valence-corrected chi connectivity index (χ2v) is 4.38. The number of nitrogens with two attached hydrogens (primary N) is 1. The van der Waals surface area contributed by atoms with Crippen LogP contribution in [0, 0.1) is 5.92 Å². The van der Waals surface area contributed by atoms with E-state index in [0.29, 0.717) is 26.3 Å². The van der Waals surface area contributed by atoms with Crippen LogP contribution in [-0.2, 0) is 14.3 Å². The maximum absolute atomic E-state index is 12.0. The SMILES string of the molecule is COCC1CN(C(=O)C(C)C(C)N)CCO1.Cl. The number of amides is 1. The fourth-order valence-corrected chi connectivity index (χ4v) is 1.72. The van der Waals surface area contributed by atoms with Gasteiger partial charge in [0, 0.05) is 26.2 Å². The molecule has 0 radical (unpaired) electrons. The molecular weight excluding hydrogens is 244 g/mol. The first-order chi connectivity index (χ1) is 7.56. The Morgan fingerprint density at radius 2 is 2.24 bits per heavy atom. The van der Waals surface area contributed by atoms with Crippen molar-refractivity contribution in [2.75, 3.05) is 33.4 Å². The van der Waals surface area contributed by atoms with Crippen molar-refractivity contribution >= 4 is 18.3 Å². The lowest BCUT2D eigenvalue weighted by Crippen LogP contribution is -2.50. The van der Waals surface area contributed by atoms with E-state index in [0.717, 1.165) is 0 Å². The zero-order chi connectivity index (χ0) is 12.1. The van der Waals surface area contributed by atoms with Crippen LogP contribution in [0.3, 0.4) is 0 Å². The van der Waals surface area contributed by atoms with Gasteiger partial charge in [-0.3, -0.25) is 4.79 Å². The van der Waals surface area contributed by atoms with Crippen molar-refractivity contribution in [1.82, 2.24) is 4.90 Å². The molecule has 1 rings (SSSR count). The molecule has 0 bridgehead atoms. The molecule has 0 aromatic rings. The minimum absolute atomic E-state index is 0. The molecule has 3 atom stereocenters. The predicted molar refractivity (Wildman–Crippen MR) is 68.3 cm³/mol. The van der Waals surface area contributed by atoms with Crippen molar-refractivity contribution in [2.24, 2.45) is 11.7 Å². The van der Waals surface area contributed by atoms with Gasteiger partial charge in [0.25, 0.3) is 0 Å². The molecule has 0 aromatic heterocycles. The lowest BCUT2D eigenvalue weighted by atomic mass is 10.0. The van der Waals surface area contributed by atoms with Crippen LogP contribution < -0.4 is 5.73 Å². The van der Waals surface area contributed by atoms with Gasteiger partial charge in [0.05, 0.1) is 25.2 Å². The molecule has 5 nitrogen and oxygen atoms in total. The summed E-state index contributed by atoms with van der Waals surface area (Å²) in [5.74, 6) is -0.0271. The van der Waals surface area contributed by atoms with Gasteiger partial charge in [0.2, 0.25) is 5.91 Å². The predicted octanol–water partition coefficient (Wildman–Crippen LogP) is 0.265. The van der Waals surface area contributed by atoms with Gasteiger partial charge in [-0.05, 0) is 6.92 Å². The van der Waals surface area contributed by atoms with Gasteiger partial charge in [-0.2, -0.15) is 0 Å². The summed E-state index contributed by atoms with van der Waals surface area (Å²) in [4.78, 5) is 13.9. The molecule has 3 unspecified atom stereocenters. The van der Waals surface area contributed by atoms with Crippen molar-refractivity contribution in [3.05, 3.63) is 0 Å². The monoisotopic (exact) mass is 266 g/mol. The molecule has 1 amide bonds. The summed E-state index contributed by atoms with van der Waals surface area (Å²) >= 11 is 0. The van der Waals surface area contributed by atoms with E-state index in [4.69, 9.17) is 15.2 Å². The lowest BCUT2D eigenvalue weighted by Gasteiger charge is -2.34. The number of methoxy groups -OCH3 is 1. The van der Waals surface area contributed by atoms with Gasteiger partial charge in [0.1, 0.15) is 0 Å². The van der Waals surface area contributed by atoms with E-state index in [2.05, 4.69) is 0 Å². The Bertz CT molecular complexity index is 237. The smallest absolute Gasteiger partial charge is 0.227 e. The van der Waals surface area contributed by atoms with Gasteiger partial charge in [0.15, 0.2) is 0 Å². The topological polar surface area (TPSA) is 64.8 Å². The highest BCUT2D eigenvalue weighted by Gasteiger charge is 2.28. The average molecular weight is 267 g/mol. The van der Waals surface area contributed by atoms with Crippen LogP contribution in [-0.4, -0.2) is 56.4 Å². The quantitative estimate of drug-likeness (QED) is 0.793. The molecule has 1 fully saturated rings. The van der Waals surface area contributed by atoms with Crippen LogP contribution in [0.15, 0.2) is 0 Å². The molecule has 0 aromatic carbocycles. The Balaban J connectivity index is 0.00000256. The third-order valence-corrected chi connectivity index (χ3v) is 2.98. The summed E-state index contributed by atoms with van der Waals surface area (Å²) in [5.41, 5.74) is 5.73.